The Labute approximate surface area is 110 Å². The van der Waals surface area contributed by atoms with Gasteiger partial charge in [-0.1, -0.05) is 6.07 Å². The van der Waals surface area contributed by atoms with E-state index in [1.807, 2.05) is 23.4 Å². The van der Waals surface area contributed by atoms with Crippen LogP contribution in [0.5, 0.6) is 0 Å². The van der Waals surface area contributed by atoms with Crippen LogP contribution >= 0.6 is 11.3 Å². The van der Waals surface area contributed by atoms with Crippen LogP contribution in [-0.2, 0) is 0 Å². The van der Waals surface area contributed by atoms with Gasteiger partial charge in [0.2, 0.25) is 0 Å². The van der Waals surface area contributed by atoms with Gasteiger partial charge in [0.15, 0.2) is 0 Å². The number of hydrogen-bond donors (Lipinski definition) is 1. The van der Waals surface area contributed by atoms with Gasteiger partial charge in [-0.2, -0.15) is 5.26 Å². The van der Waals surface area contributed by atoms with Crippen molar-refractivity contribution in [3.8, 4) is 6.07 Å². The van der Waals surface area contributed by atoms with Gasteiger partial charge < -0.3 is 10.6 Å². The molecule has 2 aromatic heterocycles. The van der Waals surface area contributed by atoms with Crippen LogP contribution in [0.15, 0.2) is 29.8 Å². The lowest BCUT2D eigenvalue weighted by molar-refractivity contribution is 0.741. The predicted molar refractivity (Wildman–Crippen MR) is 74.5 cm³/mol. The average molecular weight is 258 g/mol. The number of rotatable bonds is 3. The minimum atomic E-state index is 0.174. The van der Waals surface area contributed by atoms with Crippen molar-refractivity contribution in [2.45, 2.75) is 13.0 Å². The van der Waals surface area contributed by atoms with Crippen LogP contribution in [0.2, 0.25) is 0 Å². The van der Waals surface area contributed by atoms with Crippen LogP contribution in [0.3, 0.4) is 0 Å². The van der Waals surface area contributed by atoms with Crippen molar-refractivity contribution < 1.29 is 0 Å². The Hall–Kier alpha value is -2.06. The van der Waals surface area contributed by atoms with Crippen LogP contribution in [-0.4, -0.2) is 12.0 Å². The minimum absolute atomic E-state index is 0.174. The van der Waals surface area contributed by atoms with Gasteiger partial charge in [0.25, 0.3) is 0 Å². The number of hydrogen-bond acceptors (Lipinski definition) is 5. The molecule has 0 saturated heterocycles. The highest BCUT2D eigenvalue weighted by Crippen LogP contribution is 2.29. The molecule has 0 saturated carbocycles. The molecule has 0 aliphatic rings. The molecule has 18 heavy (non-hydrogen) atoms. The molecule has 2 N–H and O–H groups in total. The molecule has 0 amide bonds. The van der Waals surface area contributed by atoms with Crippen LogP contribution in [0, 0.1) is 11.3 Å². The van der Waals surface area contributed by atoms with E-state index in [9.17, 15) is 0 Å². The van der Waals surface area contributed by atoms with Gasteiger partial charge in [-0.05, 0) is 24.4 Å². The van der Waals surface area contributed by atoms with Crippen molar-refractivity contribution in [2.75, 3.05) is 17.7 Å². The van der Waals surface area contributed by atoms with Crippen LogP contribution in [0.4, 0.5) is 11.5 Å². The summed E-state index contributed by atoms with van der Waals surface area (Å²) >= 11 is 1.69. The zero-order chi connectivity index (χ0) is 13.1. The first-order chi connectivity index (χ1) is 8.63. The maximum absolute atomic E-state index is 9.13. The molecule has 1 unspecified atom stereocenters. The number of thiophene rings is 1. The van der Waals surface area contributed by atoms with Gasteiger partial charge in [-0.15, -0.1) is 11.3 Å². The highest BCUT2D eigenvalue weighted by atomic mass is 32.1. The van der Waals surface area contributed by atoms with Gasteiger partial charge in [0.1, 0.15) is 11.9 Å². The molecule has 2 heterocycles. The molecule has 0 fully saturated rings. The van der Waals surface area contributed by atoms with E-state index >= 15 is 0 Å². The number of nitrogens with two attached hydrogens (primary N) is 1. The standard InChI is InChI=1S/C13H14N4S/c1-9(12-4-3-5-18-12)17(2)13-10(7-14)6-11(15)8-16-13/h3-6,8-9H,15H2,1-2H3. The molecular formula is C13H14N4S. The van der Waals surface area contributed by atoms with E-state index in [0.717, 1.165) is 0 Å². The third-order valence-electron chi connectivity index (χ3n) is 2.88. The SMILES string of the molecule is CC(c1cccs1)N(C)c1ncc(N)cc1C#N. The predicted octanol–water partition coefficient (Wildman–Crippen LogP) is 2.79. The number of aromatic nitrogens is 1. The molecule has 0 spiro atoms. The van der Waals surface area contributed by atoms with Gasteiger partial charge in [0.05, 0.1) is 23.5 Å². The van der Waals surface area contributed by atoms with E-state index in [2.05, 4.69) is 24.0 Å². The van der Waals surface area contributed by atoms with E-state index in [0.29, 0.717) is 17.1 Å². The Morgan fingerprint density at radius 3 is 2.94 bits per heavy atom. The lowest BCUT2D eigenvalue weighted by Gasteiger charge is -2.25. The number of anilines is 2. The molecule has 0 radical (unpaired) electrons. The van der Waals surface area contributed by atoms with Crippen LogP contribution in [0.25, 0.3) is 0 Å². The molecule has 4 nitrogen and oxygen atoms in total. The fourth-order valence-corrected chi connectivity index (χ4v) is 2.57. The smallest absolute Gasteiger partial charge is 0.146 e. The number of nitrogens with zero attached hydrogens (tertiary/aromatic N) is 3. The van der Waals surface area contributed by atoms with Crippen LogP contribution < -0.4 is 10.6 Å². The zero-order valence-electron chi connectivity index (χ0n) is 10.3. The van der Waals surface area contributed by atoms with E-state index < -0.39 is 0 Å². The monoisotopic (exact) mass is 258 g/mol. The quantitative estimate of drug-likeness (QED) is 0.919. The fourth-order valence-electron chi connectivity index (χ4n) is 1.74. The maximum Gasteiger partial charge on any atom is 0.146 e. The maximum atomic E-state index is 9.13. The van der Waals surface area contributed by atoms with Crippen molar-refractivity contribution in [2.24, 2.45) is 0 Å². The number of pyridine rings is 1. The summed E-state index contributed by atoms with van der Waals surface area (Å²) in [5.74, 6) is 0.660. The largest absolute Gasteiger partial charge is 0.397 e. The molecule has 0 bridgehead atoms. The Morgan fingerprint density at radius 1 is 1.56 bits per heavy atom. The van der Waals surface area contributed by atoms with Gasteiger partial charge >= 0.3 is 0 Å². The second-order valence-electron chi connectivity index (χ2n) is 4.05. The number of nitriles is 1. The summed E-state index contributed by atoms with van der Waals surface area (Å²) in [5, 5.41) is 11.2. The fraction of sp³-hybridized carbons (Fsp3) is 0.231. The molecule has 1 atom stereocenters. The van der Waals surface area contributed by atoms with Crippen molar-refractivity contribution >= 4 is 22.8 Å². The summed E-state index contributed by atoms with van der Waals surface area (Å²) in [7, 11) is 1.93. The van der Waals surface area contributed by atoms with Gasteiger partial charge in [-0.3, -0.25) is 0 Å². The topological polar surface area (TPSA) is 65.9 Å². The summed E-state index contributed by atoms with van der Waals surface area (Å²) < 4.78 is 0. The van der Waals surface area contributed by atoms with Gasteiger partial charge in [-0.25, -0.2) is 4.98 Å². The third kappa shape index (κ3) is 2.29. The summed E-state index contributed by atoms with van der Waals surface area (Å²) in [4.78, 5) is 7.49. The minimum Gasteiger partial charge on any atom is -0.397 e. The van der Waals surface area contributed by atoms with E-state index in [4.69, 9.17) is 11.0 Å². The molecule has 0 aromatic carbocycles. The molecule has 92 valence electrons. The Balaban J connectivity index is 2.34. The highest BCUT2D eigenvalue weighted by Gasteiger charge is 2.17. The van der Waals surface area contributed by atoms with Crippen LogP contribution in [0.1, 0.15) is 23.4 Å². The summed E-state index contributed by atoms with van der Waals surface area (Å²) in [6.45, 7) is 2.09. The molecule has 2 aromatic rings. The normalized spacial score (nSPS) is 11.8. The summed E-state index contributed by atoms with van der Waals surface area (Å²) in [6, 6.07) is 8.06. The first-order valence-corrected chi connectivity index (χ1v) is 6.43. The van der Waals surface area contributed by atoms with Crippen molar-refractivity contribution in [3.63, 3.8) is 0 Å². The molecule has 5 heteroatoms. The molecular weight excluding hydrogens is 244 g/mol. The van der Waals surface area contributed by atoms with E-state index in [-0.39, 0.29) is 6.04 Å². The Morgan fingerprint density at radius 2 is 2.33 bits per heavy atom. The van der Waals surface area contributed by atoms with Gasteiger partial charge in [0, 0.05) is 11.9 Å². The van der Waals surface area contributed by atoms with Crippen molar-refractivity contribution in [3.05, 3.63) is 40.2 Å². The average Bonchev–Trinajstić information content (AvgIpc) is 2.90. The van der Waals surface area contributed by atoms with E-state index in [1.54, 1.807) is 23.6 Å². The zero-order valence-corrected chi connectivity index (χ0v) is 11.1. The lowest BCUT2D eigenvalue weighted by Crippen LogP contribution is -2.23. The molecule has 0 aliphatic carbocycles. The highest BCUT2D eigenvalue weighted by molar-refractivity contribution is 7.10. The van der Waals surface area contributed by atoms with Crippen molar-refractivity contribution in [1.29, 1.82) is 5.26 Å². The lowest BCUT2D eigenvalue weighted by atomic mass is 10.2. The third-order valence-corrected chi connectivity index (χ3v) is 3.92. The van der Waals surface area contributed by atoms with Crippen molar-refractivity contribution in [1.82, 2.24) is 4.98 Å². The first-order valence-electron chi connectivity index (χ1n) is 5.55. The summed E-state index contributed by atoms with van der Waals surface area (Å²) in [5.41, 5.74) is 6.65. The molecule has 2 rings (SSSR count). The first kappa shape index (κ1) is 12.4. The second-order valence-corrected chi connectivity index (χ2v) is 5.03. The molecule has 0 aliphatic heterocycles. The number of nitrogen functional groups attached to an aromatic ring is 1. The Kier molecular flexibility index (Phi) is 3.49. The van der Waals surface area contributed by atoms with E-state index in [1.165, 1.54) is 4.88 Å². The Bertz CT molecular complexity index is 571. The second kappa shape index (κ2) is 5.07. The summed E-state index contributed by atoms with van der Waals surface area (Å²) in [6.07, 6.45) is 1.58.